The number of nitrogens with one attached hydrogen (secondary N) is 1. The summed E-state index contributed by atoms with van der Waals surface area (Å²) in [6.45, 7) is 0. The third-order valence-corrected chi connectivity index (χ3v) is 4.84. The summed E-state index contributed by atoms with van der Waals surface area (Å²) < 4.78 is 5.60. The van der Waals surface area contributed by atoms with Gasteiger partial charge in [-0.2, -0.15) is 5.10 Å². The number of benzene rings is 3. The Bertz CT molecular complexity index is 1350. The summed E-state index contributed by atoms with van der Waals surface area (Å²) in [5.41, 5.74) is 2.67. The van der Waals surface area contributed by atoms with Crippen molar-refractivity contribution in [2.75, 3.05) is 0 Å². The normalized spacial score (nSPS) is 11.1. The first-order chi connectivity index (χ1) is 14.9. The number of nitrogens with zero attached hydrogens (tertiary/aromatic N) is 2. The van der Waals surface area contributed by atoms with Gasteiger partial charge in [-0.1, -0.05) is 35.9 Å². The molecule has 154 valence electrons. The molecule has 1 aromatic heterocycles. The van der Waals surface area contributed by atoms with Gasteiger partial charge in [-0.25, -0.2) is 5.43 Å². The second-order valence-electron chi connectivity index (χ2n) is 6.54. The standard InChI is InChI=1S/C22H14ClN3O5/c23-18-7-5-15(10-19(18)26(29)30)21-8-6-16(31-21)12-24-25-22(28)17-9-13-3-1-2-4-14(13)11-20(17)27/h1-12,27H,(H,25,28). The maximum atomic E-state index is 12.4. The van der Waals surface area contributed by atoms with Crippen LogP contribution in [0.4, 0.5) is 5.69 Å². The molecule has 4 rings (SSSR count). The molecule has 0 aliphatic carbocycles. The van der Waals surface area contributed by atoms with E-state index in [1.165, 1.54) is 24.4 Å². The van der Waals surface area contributed by atoms with E-state index in [1.54, 1.807) is 24.3 Å². The number of carbonyl (C=O) groups excluding carboxylic acids is 1. The van der Waals surface area contributed by atoms with E-state index < -0.39 is 10.8 Å². The van der Waals surface area contributed by atoms with Crippen molar-refractivity contribution in [2.45, 2.75) is 0 Å². The Labute approximate surface area is 180 Å². The maximum absolute atomic E-state index is 12.4. The summed E-state index contributed by atoms with van der Waals surface area (Å²) in [5, 5.41) is 26.7. The Hall–Kier alpha value is -4.17. The molecule has 9 heteroatoms. The Balaban J connectivity index is 1.49. The average Bonchev–Trinajstić information content (AvgIpc) is 3.22. The Kier molecular flexibility index (Phi) is 5.38. The number of aromatic hydroxyl groups is 1. The fraction of sp³-hybridized carbons (Fsp3) is 0. The van der Waals surface area contributed by atoms with Crippen LogP contribution in [0.5, 0.6) is 5.75 Å². The number of phenolic OH excluding ortho intramolecular Hbond substituents is 1. The number of halogens is 1. The molecular weight excluding hydrogens is 422 g/mol. The van der Waals surface area contributed by atoms with Crippen LogP contribution in [0, 0.1) is 10.1 Å². The second kappa shape index (κ2) is 8.29. The van der Waals surface area contributed by atoms with E-state index >= 15 is 0 Å². The minimum absolute atomic E-state index is 0.0294. The fourth-order valence-electron chi connectivity index (χ4n) is 3.01. The summed E-state index contributed by atoms with van der Waals surface area (Å²) in [5.74, 6) is -0.0500. The first-order valence-electron chi connectivity index (χ1n) is 9.01. The monoisotopic (exact) mass is 435 g/mol. The van der Waals surface area contributed by atoms with E-state index in [4.69, 9.17) is 16.0 Å². The lowest BCUT2D eigenvalue weighted by molar-refractivity contribution is -0.384. The van der Waals surface area contributed by atoms with Gasteiger partial charge < -0.3 is 9.52 Å². The average molecular weight is 436 g/mol. The predicted molar refractivity (Wildman–Crippen MR) is 116 cm³/mol. The molecule has 0 atom stereocenters. The summed E-state index contributed by atoms with van der Waals surface area (Å²) in [6, 6.07) is 18.0. The quantitative estimate of drug-likeness (QED) is 0.256. The minimum Gasteiger partial charge on any atom is -0.507 e. The molecule has 0 unspecified atom stereocenters. The number of nitro groups is 1. The zero-order valence-corrected chi connectivity index (χ0v) is 16.5. The first kappa shape index (κ1) is 20.1. The van der Waals surface area contributed by atoms with Crippen molar-refractivity contribution in [3.05, 3.63) is 93.2 Å². The summed E-state index contributed by atoms with van der Waals surface area (Å²) in [4.78, 5) is 22.8. The first-order valence-corrected chi connectivity index (χ1v) is 9.39. The molecule has 2 N–H and O–H groups in total. The number of fused-ring (bicyclic) bond motifs is 1. The highest BCUT2D eigenvalue weighted by molar-refractivity contribution is 6.32. The van der Waals surface area contributed by atoms with E-state index in [9.17, 15) is 20.0 Å². The number of rotatable bonds is 5. The molecule has 0 aliphatic heterocycles. The molecule has 3 aromatic carbocycles. The van der Waals surface area contributed by atoms with E-state index in [0.717, 1.165) is 10.8 Å². The smallest absolute Gasteiger partial charge is 0.288 e. The number of hydrogen-bond donors (Lipinski definition) is 2. The zero-order valence-electron chi connectivity index (χ0n) is 15.8. The van der Waals surface area contributed by atoms with Gasteiger partial charge in [0, 0.05) is 11.6 Å². The number of phenols is 1. The Morgan fingerprint density at radius 2 is 1.84 bits per heavy atom. The van der Waals surface area contributed by atoms with E-state index in [2.05, 4.69) is 10.5 Å². The highest BCUT2D eigenvalue weighted by Crippen LogP contribution is 2.31. The van der Waals surface area contributed by atoms with Gasteiger partial charge >= 0.3 is 0 Å². The summed E-state index contributed by atoms with van der Waals surface area (Å²) in [7, 11) is 0. The predicted octanol–water partition coefficient (Wildman–Crippen LogP) is 5.13. The molecule has 4 aromatic rings. The number of furan rings is 1. The molecule has 31 heavy (non-hydrogen) atoms. The lowest BCUT2D eigenvalue weighted by Crippen LogP contribution is -2.17. The summed E-state index contributed by atoms with van der Waals surface area (Å²) in [6.07, 6.45) is 1.28. The van der Waals surface area contributed by atoms with Crippen molar-refractivity contribution >= 4 is 40.2 Å². The topological polar surface area (TPSA) is 118 Å². The van der Waals surface area contributed by atoms with Crippen molar-refractivity contribution < 1.29 is 19.2 Å². The Morgan fingerprint density at radius 1 is 1.10 bits per heavy atom. The third-order valence-electron chi connectivity index (χ3n) is 4.52. The van der Waals surface area contributed by atoms with Gasteiger partial charge in [0.1, 0.15) is 22.3 Å². The van der Waals surface area contributed by atoms with Crippen LogP contribution in [0.2, 0.25) is 5.02 Å². The third kappa shape index (κ3) is 4.24. The highest BCUT2D eigenvalue weighted by atomic mass is 35.5. The maximum Gasteiger partial charge on any atom is 0.288 e. The molecule has 1 amide bonds. The molecule has 0 fully saturated rings. The number of hydrogen-bond acceptors (Lipinski definition) is 6. The highest BCUT2D eigenvalue weighted by Gasteiger charge is 2.15. The van der Waals surface area contributed by atoms with Gasteiger partial charge in [-0.15, -0.1) is 0 Å². The Morgan fingerprint density at radius 3 is 2.58 bits per heavy atom. The SMILES string of the molecule is O=C(NN=Cc1ccc(-c2ccc(Cl)c([N+](=O)[O-])c2)o1)c1cc2ccccc2cc1O. The van der Waals surface area contributed by atoms with Crippen molar-refractivity contribution in [2.24, 2.45) is 5.10 Å². The van der Waals surface area contributed by atoms with Crippen molar-refractivity contribution in [1.82, 2.24) is 5.43 Å². The molecule has 0 saturated carbocycles. The van der Waals surface area contributed by atoms with Crippen molar-refractivity contribution in [3.8, 4) is 17.1 Å². The van der Waals surface area contributed by atoms with Gasteiger partial charge in [-0.05, 0) is 47.2 Å². The second-order valence-corrected chi connectivity index (χ2v) is 6.95. The van der Waals surface area contributed by atoms with Gasteiger partial charge in [0.2, 0.25) is 0 Å². The zero-order chi connectivity index (χ0) is 22.0. The lowest BCUT2D eigenvalue weighted by atomic mass is 10.1. The van der Waals surface area contributed by atoms with Crippen LogP contribution in [0.3, 0.4) is 0 Å². The molecule has 1 heterocycles. The molecule has 8 nitrogen and oxygen atoms in total. The van der Waals surface area contributed by atoms with Crippen LogP contribution in [0.1, 0.15) is 16.1 Å². The molecular formula is C22H14ClN3O5. The van der Waals surface area contributed by atoms with Gasteiger partial charge in [0.15, 0.2) is 0 Å². The van der Waals surface area contributed by atoms with E-state index in [1.807, 2.05) is 24.3 Å². The number of amides is 1. The van der Waals surface area contributed by atoms with Gasteiger partial charge in [0.25, 0.3) is 11.6 Å². The van der Waals surface area contributed by atoms with E-state index in [-0.39, 0.29) is 22.0 Å². The fourth-order valence-corrected chi connectivity index (χ4v) is 3.19. The molecule has 0 saturated heterocycles. The van der Waals surface area contributed by atoms with Crippen molar-refractivity contribution in [3.63, 3.8) is 0 Å². The van der Waals surface area contributed by atoms with Crippen LogP contribution >= 0.6 is 11.6 Å². The molecule has 0 bridgehead atoms. The van der Waals surface area contributed by atoms with Gasteiger partial charge in [0.05, 0.1) is 16.7 Å². The van der Waals surface area contributed by atoms with Gasteiger partial charge in [-0.3, -0.25) is 14.9 Å². The number of carbonyl (C=O) groups is 1. The van der Waals surface area contributed by atoms with Crippen LogP contribution in [-0.4, -0.2) is 22.2 Å². The van der Waals surface area contributed by atoms with E-state index in [0.29, 0.717) is 17.1 Å². The number of nitro benzene ring substituents is 1. The molecule has 0 radical (unpaired) electrons. The molecule has 0 spiro atoms. The molecule has 0 aliphatic rings. The number of hydrazone groups is 1. The van der Waals surface area contributed by atoms with Crippen LogP contribution in [-0.2, 0) is 0 Å². The van der Waals surface area contributed by atoms with Crippen molar-refractivity contribution in [1.29, 1.82) is 0 Å². The van der Waals surface area contributed by atoms with Crippen LogP contribution in [0.15, 0.2) is 76.2 Å². The largest absolute Gasteiger partial charge is 0.507 e. The van der Waals surface area contributed by atoms with Crippen LogP contribution < -0.4 is 5.43 Å². The minimum atomic E-state index is -0.584. The summed E-state index contributed by atoms with van der Waals surface area (Å²) >= 11 is 5.82. The van der Waals surface area contributed by atoms with Crippen LogP contribution in [0.25, 0.3) is 22.1 Å². The lowest BCUT2D eigenvalue weighted by Gasteiger charge is -2.05.